The number of rotatable bonds is 4. The highest BCUT2D eigenvalue weighted by Crippen LogP contribution is 2.54. The van der Waals surface area contributed by atoms with Gasteiger partial charge in [0.1, 0.15) is 0 Å². The van der Waals surface area contributed by atoms with E-state index in [0.717, 1.165) is 17.8 Å². The van der Waals surface area contributed by atoms with Crippen LogP contribution in [-0.2, 0) is 0 Å². The van der Waals surface area contributed by atoms with Gasteiger partial charge in [-0.05, 0) is 43.4 Å². The lowest BCUT2D eigenvalue weighted by Crippen LogP contribution is -2.38. The van der Waals surface area contributed by atoms with Crippen LogP contribution in [0.3, 0.4) is 0 Å². The van der Waals surface area contributed by atoms with Crippen LogP contribution in [0, 0.1) is 17.8 Å². The molecule has 0 radical (unpaired) electrons. The van der Waals surface area contributed by atoms with E-state index >= 15 is 0 Å². The first kappa shape index (κ1) is 11.4. The van der Waals surface area contributed by atoms with Gasteiger partial charge in [-0.3, -0.25) is 0 Å². The Bertz CT molecular complexity index is 213. The molecule has 1 nitrogen and oxygen atoms in total. The zero-order valence-electron chi connectivity index (χ0n) is 10.5. The fourth-order valence-corrected chi connectivity index (χ4v) is 3.74. The van der Waals surface area contributed by atoms with Crippen molar-refractivity contribution in [1.29, 1.82) is 0 Å². The Hall–Kier alpha value is -0.0400. The van der Waals surface area contributed by atoms with E-state index < -0.39 is 0 Å². The minimum atomic E-state index is 0.268. The summed E-state index contributed by atoms with van der Waals surface area (Å²) in [5, 5.41) is 0. The summed E-state index contributed by atoms with van der Waals surface area (Å²) >= 11 is 0. The molecule has 0 bridgehead atoms. The van der Waals surface area contributed by atoms with Gasteiger partial charge in [0.2, 0.25) is 0 Å². The third-order valence-corrected chi connectivity index (χ3v) is 4.96. The lowest BCUT2D eigenvalue weighted by Gasteiger charge is -2.33. The largest absolute Gasteiger partial charge is 0.325 e. The van der Waals surface area contributed by atoms with Gasteiger partial charge in [-0.15, -0.1) is 0 Å². The van der Waals surface area contributed by atoms with Gasteiger partial charge in [-0.25, -0.2) is 0 Å². The van der Waals surface area contributed by atoms with Crippen molar-refractivity contribution in [3.05, 3.63) is 0 Å². The quantitative estimate of drug-likeness (QED) is 0.750. The van der Waals surface area contributed by atoms with Gasteiger partial charge in [0.25, 0.3) is 0 Å². The monoisotopic (exact) mass is 209 g/mol. The molecular formula is C14H27N. The molecule has 4 atom stereocenters. The summed E-state index contributed by atoms with van der Waals surface area (Å²) in [6, 6.07) is 0. The van der Waals surface area contributed by atoms with Crippen LogP contribution in [0.4, 0.5) is 0 Å². The standard InChI is InChI=1S/C14H27N/c1-3-6-13-10-14(13,15)12-8-5-7-11(4-2)9-12/h11-13H,3-10,15H2,1-2H3. The Morgan fingerprint density at radius 1 is 1.27 bits per heavy atom. The summed E-state index contributed by atoms with van der Waals surface area (Å²) in [5.74, 6) is 2.70. The van der Waals surface area contributed by atoms with Gasteiger partial charge >= 0.3 is 0 Å². The van der Waals surface area contributed by atoms with E-state index in [1.807, 2.05) is 0 Å². The summed E-state index contributed by atoms with van der Waals surface area (Å²) in [5.41, 5.74) is 6.84. The van der Waals surface area contributed by atoms with Crippen molar-refractivity contribution in [3.8, 4) is 0 Å². The maximum absolute atomic E-state index is 6.57. The van der Waals surface area contributed by atoms with Gasteiger partial charge in [0.05, 0.1) is 0 Å². The molecule has 0 aromatic rings. The van der Waals surface area contributed by atoms with Crippen molar-refractivity contribution >= 4 is 0 Å². The molecule has 0 amide bonds. The molecule has 2 N–H and O–H groups in total. The van der Waals surface area contributed by atoms with Gasteiger partial charge in [-0.2, -0.15) is 0 Å². The molecule has 0 spiro atoms. The molecule has 88 valence electrons. The molecule has 1 heteroatoms. The number of hydrogen-bond donors (Lipinski definition) is 1. The molecule has 2 fully saturated rings. The molecule has 2 aliphatic rings. The van der Waals surface area contributed by atoms with Gasteiger partial charge in [-0.1, -0.05) is 39.5 Å². The van der Waals surface area contributed by atoms with Gasteiger partial charge < -0.3 is 5.73 Å². The van der Waals surface area contributed by atoms with Crippen molar-refractivity contribution in [1.82, 2.24) is 0 Å². The average Bonchev–Trinajstić information content (AvgIpc) is 2.92. The van der Waals surface area contributed by atoms with E-state index in [9.17, 15) is 0 Å². The lowest BCUT2D eigenvalue weighted by molar-refractivity contribution is 0.209. The highest BCUT2D eigenvalue weighted by molar-refractivity contribution is 5.12. The molecule has 0 aliphatic heterocycles. The zero-order chi connectivity index (χ0) is 10.9. The molecule has 0 aromatic carbocycles. The molecule has 2 aliphatic carbocycles. The lowest BCUT2D eigenvalue weighted by atomic mass is 9.75. The second kappa shape index (κ2) is 4.45. The Morgan fingerprint density at radius 2 is 2.07 bits per heavy atom. The topological polar surface area (TPSA) is 26.0 Å². The molecule has 15 heavy (non-hydrogen) atoms. The second-order valence-corrected chi connectivity index (χ2v) is 5.94. The molecule has 0 saturated heterocycles. The smallest absolute Gasteiger partial charge is 0.0215 e. The van der Waals surface area contributed by atoms with Gasteiger partial charge in [0.15, 0.2) is 0 Å². The molecular weight excluding hydrogens is 182 g/mol. The van der Waals surface area contributed by atoms with Crippen LogP contribution in [0.2, 0.25) is 0 Å². The highest BCUT2D eigenvalue weighted by atomic mass is 14.9. The Morgan fingerprint density at radius 3 is 2.73 bits per heavy atom. The maximum atomic E-state index is 6.57. The summed E-state index contributed by atoms with van der Waals surface area (Å²) < 4.78 is 0. The average molecular weight is 209 g/mol. The molecule has 2 rings (SSSR count). The highest BCUT2D eigenvalue weighted by Gasteiger charge is 2.55. The van der Waals surface area contributed by atoms with Crippen LogP contribution < -0.4 is 5.73 Å². The van der Waals surface area contributed by atoms with E-state index in [-0.39, 0.29) is 5.54 Å². The predicted octanol–water partition coefficient (Wildman–Crippen LogP) is 3.72. The van der Waals surface area contributed by atoms with E-state index in [2.05, 4.69) is 13.8 Å². The van der Waals surface area contributed by atoms with Crippen molar-refractivity contribution in [2.75, 3.05) is 0 Å². The zero-order valence-corrected chi connectivity index (χ0v) is 10.5. The molecule has 0 aromatic heterocycles. The summed E-state index contributed by atoms with van der Waals surface area (Å²) in [6.45, 7) is 4.63. The van der Waals surface area contributed by atoms with Crippen molar-refractivity contribution < 1.29 is 0 Å². The molecule has 4 unspecified atom stereocenters. The fraction of sp³-hybridized carbons (Fsp3) is 1.00. The normalized spacial score (nSPS) is 45.4. The van der Waals surface area contributed by atoms with Crippen molar-refractivity contribution in [3.63, 3.8) is 0 Å². The minimum Gasteiger partial charge on any atom is -0.325 e. The predicted molar refractivity (Wildman–Crippen MR) is 65.7 cm³/mol. The first-order valence-corrected chi connectivity index (χ1v) is 6.99. The van der Waals surface area contributed by atoms with Crippen LogP contribution in [0.1, 0.15) is 65.2 Å². The van der Waals surface area contributed by atoms with Gasteiger partial charge in [0, 0.05) is 5.54 Å². The van der Waals surface area contributed by atoms with Crippen LogP contribution in [0.5, 0.6) is 0 Å². The first-order valence-electron chi connectivity index (χ1n) is 6.99. The number of hydrogen-bond acceptors (Lipinski definition) is 1. The van der Waals surface area contributed by atoms with E-state index in [1.165, 1.54) is 51.4 Å². The summed E-state index contributed by atoms with van der Waals surface area (Å²) in [6.07, 6.45) is 11.1. The van der Waals surface area contributed by atoms with E-state index in [1.54, 1.807) is 0 Å². The van der Waals surface area contributed by atoms with Crippen molar-refractivity contribution in [2.24, 2.45) is 23.5 Å². The first-order chi connectivity index (χ1) is 7.20. The Labute approximate surface area is 94.8 Å². The van der Waals surface area contributed by atoms with Crippen molar-refractivity contribution in [2.45, 2.75) is 70.8 Å². The maximum Gasteiger partial charge on any atom is 0.0215 e. The third-order valence-electron chi connectivity index (χ3n) is 4.96. The van der Waals surface area contributed by atoms with E-state index in [0.29, 0.717) is 0 Å². The number of nitrogens with two attached hydrogens (primary N) is 1. The van der Waals surface area contributed by atoms with Crippen LogP contribution in [0.15, 0.2) is 0 Å². The Balaban J connectivity index is 1.88. The van der Waals surface area contributed by atoms with E-state index in [4.69, 9.17) is 5.73 Å². The third kappa shape index (κ3) is 2.22. The summed E-state index contributed by atoms with van der Waals surface area (Å²) in [4.78, 5) is 0. The Kier molecular flexibility index (Phi) is 3.39. The SMILES string of the molecule is CCCC1CC1(N)C1CCCC(CC)C1. The van der Waals surface area contributed by atoms with Crippen LogP contribution in [-0.4, -0.2) is 5.54 Å². The summed E-state index contributed by atoms with van der Waals surface area (Å²) in [7, 11) is 0. The molecule has 0 heterocycles. The fourth-order valence-electron chi connectivity index (χ4n) is 3.74. The van der Waals surface area contributed by atoms with Crippen LogP contribution >= 0.6 is 0 Å². The minimum absolute atomic E-state index is 0.268. The van der Waals surface area contributed by atoms with Crippen LogP contribution in [0.25, 0.3) is 0 Å². The second-order valence-electron chi connectivity index (χ2n) is 5.94. The molecule has 2 saturated carbocycles.